The first-order valence-electron chi connectivity index (χ1n) is 8.68. The second kappa shape index (κ2) is 9.34. The molecule has 0 aliphatic carbocycles. The number of carbonyl (C=O) groups excluding carboxylic acids is 2. The minimum Gasteiger partial charge on any atom is -0.462 e. The predicted octanol–water partition coefficient (Wildman–Crippen LogP) is 3.78. The Labute approximate surface area is 171 Å². The Bertz CT molecular complexity index is 1000. The number of nitrogens with one attached hydrogen (secondary N) is 2. The number of fused-ring (bicyclic) bond motifs is 1. The van der Waals surface area contributed by atoms with Crippen LogP contribution in [0.15, 0.2) is 42.5 Å². The summed E-state index contributed by atoms with van der Waals surface area (Å²) < 4.78 is 13.4. The Morgan fingerprint density at radius 2 is 1.79 bits per heavy atom. The molecule has 0 fully saturated rings. The van der Waals surface area contributed by atoms with E-state index in [1.54, 1.807) is 42.5 Å². The summed E-state index contributed by atoms with van der Waals surface area (Å²) in [6.45, 7) is 2.44. The number of esters is 1. The van der Waals surface area contributed by atoms with E-state index in [-0.39, 0.29) is 17.0 Å². The maximum Gasteiger partial charge on any atom is 0.338 e. The van der Waals surface area contributed by atoms with Gasteiger partial charge in [0.15, 0.2) is 5.11 Å². The summed E-state index contributed by atoms with van der Waals surface area (Å²) in [5, 5.41) is 5.69. The largest absolute Gasteiger partial charge is 0.462 e. The molecule has 3 rings (SSSR count). The highest BCUT2D eigenvalue weighted by Gasteiger charge is 2.11. The summed E-state index contributed by atoms with van der Waals surface area (Å²) in [6, 6.07) is 11.7. The van der Waals surface area contributed by atoms with Gasteiger partial charge >= 0.3 is 5.97 Å². The lowest BCUT2D eigenvalue weighted by Crippen LogP contribution is -2.34. The predicted molar refractivity (Wildman–Crippen MR) is 113 cm³/mol. The fourth-order valence-electron chi connectivity index (χ4n) is 2.34. The molecule has 3 aromatic rings. The standard InChI is InChI=1S/C19H18N4O3S2/c1-2-3-10-26-18(25)12-4-7-14(8-5-12)20-19(27)21-17(24)13-6-9-15-16(11-13)23-28-22-15/h4-9,11H,2-3,10H2,1H3,(H2,20,21,24,27). The van der Waals surface area contributed by atoms with Gasteiger partial charge in [0, 0.05) is 11.3 Å². The van der Waals surface area contributed by atoms with Crippen LogP contribution in [0.3, 0.4) is 0 Å². The third-order valence-electron chi connectivity index (χ3n) is 3.85. The SMILES string of the molecule is CCCCOC(=O)c1ccc(NC(=S)NC(=O)c2ccc3nsnc3c2)cc1. The van der Waals surface area contributed by atoms with Crippen LogP contribution in [0.2, 0.25) is 0 Å². The average molecular weight is 415 g/mol. The molecule has 1 heterocycles. The molecule has 0 saturated heterocycles. The van der Waals surface area contributed by atoms with Crippen molar-refractivity contribution in [3.63, 3.8) is 0 Å². The van der Waals surface area contributed by atoms with Crippen LogP contribution in [-0.2, 0) is 4.74 Å². The van der Waals surface area contributed by atoms with Crippen LogP contribution in [0, 0.1) is 0 Å². The van der Waals surface area contributed by atoms with Crippen molar-refractivity contribution >= 4 is 57.7 Å². The number of unbranched alkanes of at least 4 members (excludes halogenated alkanes) is 1. The first kappa shape index (κ1) is 19.8. The number of nitrogens with zero attached hydrogens (tertiary/aromatic N) is 2. The summed E-state index contributed by atoms with van der Waals surface area (Å²) >= 11 is 6.28. The van der Waals surface area contributed by atoms with Crippen LogP contribution in [0.4, 0.5) is 5.69 Å². The number of anilines is 1. The zero-order valence-electron chi connectivity index (χ0n) is 15.1. The smallest absolute Gasteiger partial charge is 0.338 e. The zero-order valence-corrected chi connectivity index (χ0v) is 16.7. The van der Waals surface area contributed by atoms with Gasteiger partial charge in [0.05, 0.1) is 23.9 Å². The number of carbonyl (C=O) groups is 2. The third-order valence-corrected chi connectivity index (χ3v) is 4.61. The molecule has 1 aromatic heterocycles. The molecule has 0 aliphatic rings. The topological polar surface area (TPSA) is 93.2 Å². The Balaban J connectivity index is 1.55. The van der Waals surface area contributed by atoms with Gasteiger partial charge in [-0.15, -0.1) is 0 Å². The Morgan fingerprint density at radius 1 is 1.07 bits per heavy atom. The fraction of sp³-hybridized carbons (Fsp3) is 0.211. The van der Waals surface area contributed by atoms with E-state index in [4.69, 9.17) is 17.0 Å². The van der Waals surface area contributed by atoms with E-state index in [0.29, 0.717) is 28.9 Å². The van der Waals surface area contributed by atoms with Crippen molar-refractivity contribution in [3.8, 4) is 0 Å². The maximum atomic E-state index is 12.3. The quantitative estimate of drug-likeness (QED) is 0.360. The van der Waals surface area contributed by atoms with Gasteiger partial charge in [-0.3, -0.25) is 10.1 Å². The molecular formula is C19H18N4O3S2. The Hall–Kier alpha value is -2.91. The van der Waals surface area contributed by atoms with Gasteiger partial charge in [-0.2, -0.15) is 8.75 Å². The number of rotatable bonds is 6. The molecule has 0 spiro atoms. The van der Waals surface area contributed by atoms with Crippen molar-refractivity contribution in [3.05, 3.63) is 53.6 Å². The van der Waals surface area contributed by atoms with Crippen molar-refractivity contribution in [2.75, 3.05) is 11.9 Å². The highest BCUT2D eigenvalue weighted by molar-refractivity contribution is 7.80. The van der Waals surface area contributed by atoms with Crippen LogP contribution in [0.5, 0.6) is 0 Å². The van der Waals surface area contributed by atoms with Crippen molar-refractivity contribution in [1.82, 2.24) is 14.1 Å². The summed E-state index contributed by atoms with van der Waals surface area (Å²) in [5.74, 6) is -0.702. The average Bonchev–Trinajstić information content (AvgIpc) is 3.16. The van der Waals surface area contributed by atoms with Crippen LogP contribution in [0.25, 0.3) is 11.0 Å². The molecule has 0 aliphatic heterocycles. The first-order chi connectivity index (χ1) is 13.6. The van der Waals surface area contributed by atoms with E-state index < -0.39 is 0 Å². The molecule has 0 atom stereocenters. The lowest BCUT2D eigenvalue weighted by atomic mass is 10.2. The van der Waals surface area contributed by atoms with Crippen molar-refractivity contribution in [2.45, 2.75) is 19.8 Å². The summed E-state index contributed by atoms with van der Waals surface area (Å²) in [4.78, 5) is 24.2. The van der Waals surface area contributed by atoms with E-state index in [1.165, 1.54) is 0 Å². The molecule has 28 heavy (non-hydrogen) atoms. The Kier molecular flexibility index (Phi) is 6.62. The third kappa shape index (κ3) is 5.08. The van der Waals surface area contributed by atoms with Crippen LogP contribution < -0.4 is 10.6 Å². The van der Waals surface area contributed by atoms with E-state index in [2.05, 4.69) is 19.4 Å². The molecule has 0 radical (unpaired) electrons. The van der Waals surface area contributed by atoms with Crippen molar-refractivity contribution in [2.24, 2.45) is 0 Å². The van der Waals surface area contributed by atoms with Gasteiger partial charge in [-0.1, -0.05) is 13.3 Å². The van der Waals surface area contributed by atoms with E-state index >= 15 is 0 Å². The number of aromatic nitrogens is 2. The number of amides is 1. The van der Waals surface area contributed by atoms with Gasteiger partial charge in [0.1, 0.15) is 11.0 Å². The molecule has 9 heteroatoms. The minimum absolute atomic E-state index is 0.153. The maximum absolute atomic E-state index is 12.3. The molecule has 7 nitrogen and oxygen atoms in total. The van der Waals surface area contributed by atoms with Gasteiger partial charge in [-0.25, -0.2) is 4.79 Å². The van der Waals surface area contributed by atoms with E-state index in [0.717, 1.165) is 30.1 Å². The number of thiocarbonyl (C=S) groups is 1. The van der Waals surface area contributed by atoms with Crippen molar-refractivity contribution in [1.29, 1.82) is 0 Å². The molecule has 0 saturated carbocycles. The second-order valence-electron chi connectivity index (χ2n) is 5.94. The van der Waals surface area contributed by atoms with Gasteiger partial charge in [0.25, 0.3) is 5.91 Å². The Morgan fingerprint density at radius 3 is 2.54 bits per heavy atom. The van der Waals surface area contributed by atoms with Crippen LogP contribution in [0.1, 0.15) is 40.5 Å². The lowest BCUT2D eigenvalue weighted by molar-refractivity contribution is 0.0499. The molecular weight excluding hydrogens is 396 g/mol. The van der Waals surface area contributed by atoms with Gasteiger partial charge in [0.2, 0.25) is 0 Å². The summed E-state index contributed by atoms with van der Waals surface area (Å²) in [7, 11) is 0. The summed E-state index contributed by atoms with van der Waals surface area (Å²) in [5.41, 5.74) is 2.96. The molecule has 0 bridgehead atoms. The normalized spacial score (nSPS) is 10.5. The second-order valence-corrected chi connectivity index (χ2v) is 6.88. The first-order valence-corrected chi connectivity index (χ1v) is 9.82. The number of benzene rings is 2. The molecule has 2 N–H and O–H groups in total. The zero-order chi connectivity index (χ0) is 19.9. The molecule has 0 unspecified atom stereocenters. The fourth-order valence-corrected chi connectivity index (χ4v) is 3.07. The van der Waals surface area contributed by atoms with Gasteiger partial charge in [-0.05, 0) is 61.1 Å². The van der Waals surface area contributed by atoms with E-state index in [9.17, 15) is 9.59 Å². The minimum atomic E-state index is -0.359. The molecule has 1 amide bonds. The van der Waals surface area contributed by atoms with Crippen LogP contribution in [-0.4, -0.2) is 32.3 Å². The number of hydrogen-bond donors (Lipinski definition) is 2. The summed E-state index contributed by atoms with van der Waals surface area (Å²) in [6.07, 6.45) is 1.80. The lowest BCUT2D eigenvalue weighted by Gasteiger charge is -2.10. The van der Waals surface area contributed by atoms with E-state index in [1.807, 2.05) is 6.92 Å². The monoisotopic (exact) mass is 414 g/mol. The molecule has 2 aromatic carbocycles. The number of hydrogen-bond acceptors (Lipinski definition) is 7. The van der Waals surface area contributed by atoms with Crippen LogP contribution >= 0.6 is 23.9 Å². The highest BCUT2D eigenvalue weighted by Crippen LogP contribution is 2.14. The number of ether oxygens (including phenoxy) is 1. The van der Waals surface area contributed by atoms with Crippen molar-refractivity contribution < 1.29 is 14.3 Å². The molecule has 144 valence electrons. The highest BCUT2D eigenvalue weighted by atomic mass is 32.1. The van der Waals surface area contributed by atoms with Gasteiger partial charge < -0.3 is 10.1 Å².